The average Bonchev–Trinajstić information content (AvgIpc) is 2.99. The van der Waals surface area contributed by atoms with Gasteiger partial charge in [-0.1, -0.05) is 30.3 Å². The van der Waals surface area contributed by atoms with E-state index in [1.807, 2.05) is 36.4 Å². The van der Waals surface area contributed by atoms with E-state index in [-0.39, 0.29) is 0 Å². The molecule has 0 fully saturated rings. The van der Waals surface area contributed by atoms with Crippen LogP contribution in [0.5, 0.6) is 0 Å². The molecule has 106 valence electrons. The summed E-state index contributed by atoms with van der Waals surface area (Å²) in [6, 6.07) is 15.0. The van der Waals surface area contributed by atoms with Crippen molar-refractivity contribution in [2.45, 2.75) is 18.0 Å². The molecule has 3 aromatic rings. The molecule has 1 aliphatic heterocycles. The number of para-hydroxylation sites is 1. The first-order chi connectivity index (χ1) is 10.1. The molecule has 2 heterocycles. The van der Waals surface area contributed by atoms with E-state index in [1.165, 1.54) is 4.31 Å². The molecule has 0 bridgehead atoms. The number of nitrogens with zero attached hydrogens (tertiary/aromatic N) is 2. The monoisotopic (exact) mass is 316 g/mol. The molecule has 0 saturated carbocycles. The van der Waals surface area contributed by atoms with Crippen LogP contribution in [-0.4, -0.2) is 17.7 Å². The van der Waals surface area contributed by atoms with E-state index in [9.17, 15) is 8.42 Å². The van der Waals surface area contributed by atoms with Crippen LogP contribution in [-0.2, 0) is 23.1 Å². The van der Waals surface area contributed by atoms with E-state index in [4.69, 9.17) is 0 Å². The van der Waals surface area contributed by atoms with Crippen LogP contribution in [0.3, 0.4) is 0 Å². The molecule has 0 saturated heterocycles. The highest BCUT2D eigenvalue weighted by Crippen LogP contribution is 2.32. The maximum Gasteiger partial charge on any atom is 0.244 e. The molecule has 21 heavy (non-hydrogen) atoms. The normalized spacial score (nSPS) is 17.1. The average molecular weight is 316 g/mol. The summed E-state index contributed by atoms with van der Waals surface area (Å²) in [6.45, 7) is 0.755. The molecule has 6 heteroatoms. The topological polar surface area (TPSA) is 50.3 Å². The second-order valence-electron chi connectivity index (χ2n) is 4.96. The standard InChI is InChI=1S/C15H12N2O2S2/c18-21(19)14-8-4-1-5-11(14)9-17(21)10-15-16-12-6-2-3-7-13(12)20-15/h1-8H,9-10H2. The van der Waals surface area contributed by atoms with Gasteiger partial charge in [0, 0.05) is 6.54 Å². The number of thiazole rings is 1. The van der Waals surface area contributed by atoms with Crippen molar-refractivity contribution in [2.75, 3.05) is 0 Å². The van der Waals surface area contributed by atoms with Crippen molar-refractivity contribution in [3.63, 3.8) is 0 Å². The summed E-state index contributed by atoms with van der Waals surface area (Å²) in [6.07, 6.45) is 0. The van der Waals surface area contributed by atoms with Gasteiger partial charge in [0.2, 0.25) is 10.0 Å². The van der Waals surface area contributed by atoms with Gasteiger partial charge in [0.1, 0.15) is 5.01 Å². The summed E-state index contributed by atoms with van der Waals surface area (Å²) in [5.74, 6) is 0. The second kappa shape index (κ2) is 4.62. The van der Waals surface area contributed by atoms with Crippen molar-refractivity contribution in [1.82, 2.24) is 9.29 Å². The second-order valence-corrected chi connectivity index (χ2v) is 7.98. The zero-order chi connectivity index (χ0) is 14.4. The molecule has 0 radical (unpaired) electrons. The van der Waals surface area contributed by atoms with Crippen molar-refractivity contribution >= 4 is 31.6 Å². The number of fused-ring (bicyclic) bond motifs is 2. The number of benzene rings is 2. The summed E-state index contributed by atoms with van der Waals surface area (Å²) in [7, 11) is -3.38. The largest absolute Gasteiger partial charge is 0.244 e. The number of rotatable bonds is 2. The van der Waals surface area contributed by atoms with Gasteiger partial charge in [0.15, 0.2) is 0 Å². The number of sulfonamides is 1. The summed E-state index contributed by atoms with van der Waals surface area (Å²) >= 11 is 1.55. The lowest BCUT2D eigenvalue weighted by molar-refractivity contribution is 0.419. The van der Waals surface area contributed by atoms with Gasteiger partial charge in [-0.3, -0.25) is 0 Å². The van der Waals surface area contributed by atoms with Crippen molar-refractivity contribution in [3.8, 4) is 0 Å². The summed E-state index contributed by atoms with van der Waals surface area (Å²) < 4.78 is 27.6. The molecule has 1 aliphatic rings. The Morgan fingerprint density at radius 2 is 1.86 bits per heavy atom. The number of hydrogen-bond acceptors (Lipinski definition) is 4. The molecule has 1 aromatic heterocycles. The van der Waals surface area contributed by atoms with Crippen molar-refractivity contribution in [1.29, 1.82) is 0 Å². The maximum atomic E-state index is 12.5. The molecule has 4 nitrogen and oxygen atoms in total. The van der Waals surface area contributed by atoms with Gasteiger partial charge in [0.05, 0.1) is 21.7 Å². The highest BCUT2D eigenvalue weighted by molar-refractivity contribution is 7.89. The van der Waals surface area contributed by atoms with Crippen LogP contribution >= 0.6 is 11.3 Å². The van der Waals surface area contributed by atoms with Crippen molar-refractivity contribution < 1.29 is 8.42 Å². The fourth-order valence-corrected chi connectivity index (χ4v) is 5.24. The van der Waals surface area contributed by atoms with Crippen LogP contribution in [0.2, 0.25) is 0 Å². The molecule has 0 atom stereocenters. The van der Waals surface area contributed by atoms with E-state index in [0.717, 1.165) is 20.8 Å². The molecule has 0 amide bonds. The van der Waals surface area contributed by atoms with Gasteiger partial charge >= 0.3 is 0 Å². The van der Waals surface area contributed by atoms with Crippen molar-refractivity contribution in [3.05, 3.63) is 59.1 Å². The van der Waals surface area contributed by atoms with Crippen LogP contribution in [0, 0.1) is 0 Å². The lowest BCUT2D eigenvalue weighted by Crippen LogP contribution is -2.23. The van der Waals surface area contributed by atoms with E-state index in [0.29, 0.717) is 18.0 Å². The van der Waals surface area contributed by atoms with Crippen LogP contribution < -0.4 is 0 Å². The zero-order valence-corrected chi connectivity index (χ0v) is 12.7. The van der Waals surface area contributed by atoms with Gasteiger partial charge in [-0.15, -0.1) is 11.3 Å². The third-order valence-electron chi connectivity index (χ3n) is 3.59. The third-order valence-corrected chi connectivity index (χ3v) is 6.50. The zero-order valence-electron chi connectivity index (χ0n) is 11.1. The first kappa shape index (κ1) is 12.9. The minimum Gasteiger partial charge on any atom is -0.240 e. The Kier molecular flexibility index (Phi) is 2.85. The summed E-state index contributed by atoms with van der Waals surface area (Å²) in [5, 5.41) is 0.826. The fraction of sp³-hybridized carbons (Fsp3) is 0.133. The lowest BCUT2D eigenvalue weighted by atomic mass is 10.2. The number of aromatic nitrogens is 1. The van der Waals surface area contributed by atoms with Crippen molar-refractivity contribution in [2.24, 2.45) is 0 Å². The van der Waals surface area contributed by atoms with Gasteiger partial charge in [0.25, 0.3) is 0 Å². The first-order valence-electron chi connectivity index (χ1n) is 6.57. The van der Waals surface area contributed by atoms with E-state index >= 15 is 0 Å². The third kappa shape index (κ3) is 2.07. The Bertz CT molecular complexity index is 899. The molecular formula is C15H12N2O2S2. The van der Waals surface area contributed by atoms with Crippen LogP contribution in [0.1, 0.15) is 10.6 Å². The summed E-state index contributed by atoms with van der Waals surface area (Å²) in [5.41, 5.74) is 1.78. The highest BCUT2D eigenvalue weighted by Gasteiger charge is 2.34. The predicted molar refractivity (Wildman–Crippen MR) is 82.5 cm³/mol. The van der Waals surface area contributed by atoms with Crippen LogP contribution in [0.15, 0.2) is 53.4 Å². The van der Waals surface area contributed by atoms with Crippen LogP contribution in [0.25, 0.3) is 10.2 Å². The maximum absolute atomic E-state index is 12.5. The quantitative estimate of drug-likeness (QED) is 0.730. The Balaban J connectivity index is 1.70. The molecule has 0 unspecified atom stereocenters. The Labute approximate surface area is 126 Å². The smallest absolute Gasteiger partial charge is 0.240 e. The fourth-order valence-electron chi connectivity index (χ4n) is 2.58. The lowest BCUT2D eigenvalue weighted by Gasteiger charge is -2.12. The highest BCUT2D eigenvalue weighted by atomic mass is 32.2. The molecular weight excluding hydrogens is 304 g/mol. The Morgan fingerprint density at radius 3 is 2.67 bits per heavy atom. The molecule has 4 rings (SSSR count). The van der Waals surface area contributed by atoms with Gasteiger partial charge < -0.3 is 0 Å². The van der Waals surface area contributed by atoms with Gasteiger partial charge in [-0.2, -0.15) is 4.31 Å². The SMILES string of the molecule is O=S1(=O)c2ccccc2CN1Cc1nc2ccccc2s1. The first-order valence-corrected chi connectivity index (χ1v) is 8.83. The predicted octanol–water partition coefficient (Wildman–Crippen LogP) is 3.00. The molecule has 2 aromatic carbocycles. The van der Waals surface area contributed by atoms with E-state index in [1.54, 1.807) is 23.5 Å². The van der Waals surface area contributed by atoms with Gasteiger partial charge in [-0.05, 0) is 23.8 Å². The van der Waals surface area contributed by atoms with Crippen LogP contribution in [0.4, 0.5) is 0 Å². The van der Waals surface area contributed by atoms with Gasteiger partial charge in [-0.25, -0.2) is 13.4 Å². The summed E-state index contributed by atoms with van der Waals surface area (Å²) in [4.78, 5) is 4.94. The minimum absolute atomic E-state index is 0.330. The molecule has 0 aliphatic carbocycles. The van der Waals surface area contributed by atoms with E-state index in [2.05, 4.69) is 4.98 Å². The minimum atomic E-state index is -3.38. The van der Waals surface area contributed by atoms with E-state index < -0.39 is 10.0 Å². The Hall–Kier alpha value is -1.76. The Morgan fingerprint density at radius 1 is 1.10 bits per heavy atom. The molecule has 0 spiro atoms. The number of hydrogen-bond donors (Lipinski definition) is 0. The molecule has 0 N–H and O–H groups in total.